The fourth-order valence-corrected chi connectivity index (χ4v) is 4.84. The van der Waals surface area contributed by atoms with Crippen LogP contribution < -0.4 is 32.6 Å². The zero-order valence-electron chi connectivity index (χ0n) is 31.6. The first-order chi connectivity index (χ1) is 27.8. The van der Waals surface area contributed by atoms with E-state index in [4.69, 9.17) is 42.8 Å². The van der Waals surface area contributed by atoms with Gasteiger partial charge < -0.3 is 47.9 Å². The molecule has 0 aliphatic heterocycles. The van der Waals surface area contributed by atoms with Crippen LogP contribution in [0.2, 0.25) is 0 Å². The molecule has 2 amide bonds. The predicted octanol–water partition coefficient (Wildman–Crippen LogP) is 3.85. The fraction of sp³-hybridized carbons (Fsp3) is 0.515. The van der Waals surface area contributed by atoms with Gasteiger partial charge in [-0.25, -0.2) is 9.78 Å². The summed E-state index contributed by atoms with van der Waals surface area (Å²) in [5.41, 5.74) is 25.3. The van der Waals surface area contributed by atoms with Gasteiger partial charge in [-0.05, 0) is 80.5 Å². The topological polar surface area (TPSA) is 374 Å². The number of nitro groups is 1. The number of carbonyl (C=O) groups excluding carboxylic acids is 2. The van der Waals surface area contributed by atoms with E-state index in [9.17, 15) is 47.3 Å². The molecular weight excluding hydrogens is 815 g/mol. The van der Waals surface area contributed by atoms with Crippen molar-refractivity contribution in [3.63, 3.8) is 0 Å². The SMILES string of the molecule is N[C@@H](CCCCNC(=O)C(F)(F)F)C(=O)O.N[C@@H](CCCCNSc1ncccc1[N+](=O)[O-])C(=O)O.[N-]=[N+]=Nc1ccccc1COC(=O)NCCCC[C@H](N)C(=O)O. The van der Waals surface area contributed by atoms with Crippen LogP contribution in [0.25, 0.3) is 10.4 Å². The second-order valence-electron chi connectivity index (χ2n) is 12.0. The number of hydrogen-bond acceptors (Lipinski definition) is 15. The molecule has 1 heterocycles. The Morgan fingerprint density at radius 1 is 0.847 bits per heavy atom. The Balaban J connectivity index is 0.000000870. The lowest BCUT2D eigenvalue weighted by molar-refractivity contribution is -0.388. The Morgan fingerprint density at radius 2 is 1.36 bits per heavy atom. The maximum atomic E-state index is 11.7. The van der Waals surface area contributed by atoms with Gasteiger partial charge in [-0.3, -0.25) is 34.0 Å². The lowest BCUT2D eigenvalue weighted by atomic mass is 10.1. The minimum atomic E-state index is -4.88. The van der Waals surface area contributed by atoms with Gasteiger partial charge in [-0.1, -0.05) is 35.8 Å². The molecule has 2 rings (SSSR count). The maximum absolute atomic E-state index is 11.7. The lowest BCUT2D eigenvalue weighted by Gasteiger charge is -2.09. The lowest BCUT2D eigenvalue weighted by Crippen LogP contribution is -2.37. The molecule has 3 atom stereocenters. The van der Waals surface area contributed by atoms with Crippen molar-refractivity contribution in [2.24, 2.45) is 22.3 Å². The van der Waals surface area contributed by atoms with Crippen LogP contribution in [-0.2, 0) is 30.5 Å². The third-order valence-electron chi connectivity index (χ3n) is 7.31. The van der Waals surface area contributed by atoms with Crippen LogP contribution in [0.5, 0.6) is 0 Å². The van der Waals surface area contributed by atoms with E-state index < -0.39 is 59.1 Å². The second kappa shape index (κ2) is 30.3. The molecule has 0 saturated carbocycles. The second-order valence-corrected chi connectivity index (χ2v) is 12.9. The van der Waals surface area contributed by atoms with Gasteiger partial charge in [0.25, 0.3) is 0 Å². The number of nitrogens with zero attached hydrogens (tertiary/aromatic N) is 5. The molecule has 0 bridgehead atoms. The van der Waals surface area contributed by atoms with E-state index in [1.54, 1.807) is 29.6 Å². The molecule has 0 aliphatic carbocycles. The van der Waals surface area contributed by atoms with Crippen molar-refractivity contribution in [2.75, 3.05) is 19.6 Å². The number of aromatic nitrogens is 1. The molecule has 0 unspecified atom stereocenters. The fourth-order valence-electron chi connectivity index (χ4n) is 4.10. The van der Waals surface area contributed by atoms with Crippen LogP contribution in [0.3, 0.4) is 0 Å². The molecule has 22 nitrogen and oxygen atoms in total. The smallest absolute Gasteiger partial charge is 0.471 e. The molecule has 1 aromatic heterocycles. The molecule has 12 N–H and O–H groups in total. The normalized spacial score (nSPS) is 12.0. The first-order valence-electron chi connectivity index (χ1n) is 17.6. The molecule has 59 heavy (non-hydrogen) atoms. The third-order valence-corrected chi connectivity index (χ3v) is 8.17. The summed E-state index contributed by atoms with van der Waals surface area (Å²) in [6.07, 6.45) is 0.130. The van der Waals surface area contributed by atoms with Crippen LogP contribution >= 0.6 is 11.9 Å². The number of ether oxygens (including phenoxy) is 1. The Bertz CT molecular complexity index is 1690. The summed E-state index contributed by atoms with van der Waals surface area (Å²) < 4.78 is 43.0. The maximum Gasteiger partial charge on any atom is 0.471 e. The summed E-state index contributed by atoms with van der Waals surface area (Å²) in [6.45, 7) is 0.795. The predicted molar refractivity (Wildman–Crippen MR) is 206 cm³/mol. The number of halogens is 3. The number of amides is 2. The number of pyridine rings is 1. The van der Waals surface area contributed by atoms with E-state index in [2.05, 4.69) is 25.0 Å². The number of hydrogen-bond donors (Lipinski definition) is 9. The van der Waals surface area contributed by atoms with Crippen molar-refractivity contribution in [1.82, 2.24) is 20.3 Å². The molecule has 0 saturated heterocycles. The zero-order chi connectivity index (χ0) is 44.8. The molecule has 0 aliphatic rings. The van der Waals surface area contributed by atoms with Gasteiger partial charge in [0.05, 0.1) is 4.92 Å². The number of carboxylic acid groups (broad SMARTS) is 3. The first-order valence-corrected chi connectivity index (χ1v) is 18.5. The highest BCUT2D eigenvalue weighted by Gasteiger charge is 2.38. The van der Waals surface area contributed by atoms with Crippen LogP contribution in [0.15, 0.2) is 52.7 Å². The summed E-state index contributed by atoms with van der Waals surface area (Å²) in [5.74, 6) is -5.18. The number of aliphatic carboxylic acids is 3. The number of azide groups is 1. The molecule has 328 valence electrons. The molecule has 2 aromatic rings. The number of nitrogens with two attached hydrogens (primary N) is 3. The van der Waals surface area contributed by atoms with Crippen LogP contribution in [-0.4, -0.2) is 99.1 Å². The van der Waals surface area contributed by atoms with Crippen LogP contribution in [0, 0.1) is 10.1 Å². The average molecular weight is 864 g/mol. The number of unbranched alkanes of at least 4 members (excludes halogenated alkanes) is 3. The zero-order valence-corrected chi connectivity index (χ0v) is 32.4. The van der Waals surface area contributed by atoms with Gasteiger partial charge in [0, 0.05) is 42.5 Å². The Kier molecular flexibility index (Phi) is 27.3. The van der Waals surface area contributed by atoms with Crippen LogP contribution in [0.1, 0.15) is 63.4 Å². The highest BCUT2D eigenvalue weighted by Crippen LogP contribution is 2.24. The number of benzene rings is 1. The molecule has 0 fully saturated rings. The molecule has 26 heteroatoms. The highest BCUT2D eigenvalue weighted by molar-refractivity contribution is 7.97. The number of nitrogens with one attached hydrogen (secondary N) is 3. The van der Waals surface area contributed by atoms with E-state index in [0.717, 1.165) is 18.4 Å². The number of carbonyl (C=O) groups is 5. The summed E-state index contributed by atoms with van der Waals surface area (Å²) in [5, 5.41) is 44.4. The van der Waals surface area contributed by atoms with Gasteiger partial charge >= 0.3 is 41.8 Å². The Labute approximate surface area is 339 Å². The number of rotatable bonds is 24. The standard InChI is InChI=1S/C14H19N5O4.C11H16N4O4S.C8H13F3N2O3/c15-11(13(20)21)6-3-4-8-17-14(22)23-9-10-5-1-2-7-12(10)18-19-16;12-8(11(16)17)4-1-2-7-14-20-10-9(15(18)19)5-3-6-13-10;9-8(10,11)7(16)13-4-2-1-3-5(12)6(14)15/h1-2,5,7,11H,3-4,6,8-9,15H2,(H,17,22)(H,20,21);3,5-6,8,14H,1-2,4,7,12H2,(H,16,17);5H,1-4,12H2,(H,13,16)(H,14,15)/t11-;8-;5-/m000/s1. The molecular formula is C33H48F3N11O11S. The highest BCUT2D eigenvalue weighted by atomic mass is 32.2. The van der Waals surface area contributed by atoms with Gasteiger partial charge in [-0.15, -0.1) is 0 Å². The number of alkyl halides is 3. The van der Waals surface area contributed by atoms with E-state index >= 15 is 0 Å². The minimum Gasteiger partial charge on any atom is -0.480 e. The van der Waals surface area contributed by atoms with Crippen molar-refractivity contribution in [3.05, 3.63) is 68.7 Å². The van der Waals surface area contributed by atoms with Crippen molar-refractivity contribution in [2.45, 2.75) is 93.7 Å². The van der Waals surface area contributed by atoms with E-state index in [1.165, 1.54) is 18.3 Å². The van der Waals surface area contributed by atoms with Crippen molar-refractivity contribution >= 4 is 53.2 Å². The Hall–Kier alpha value is -5.79. The van der Waals surface area contributed by atoms with Crippen molar-refractivity contribution < 1.29 is 62.1 Å². The van der Waals surface area contributed by atoms with Crippen molar-refractivity contribution in [1.29, 1.82) is 0 Å². The summed E-state index contributed by atoms with van der Waals surface area (Å²) >= 11 is 1.09. The van der Waals surface area contributed by atoms with Crippen LogP contribution in [0.4, 0.5) is 29.3 Å². The molecule has 1 aromatic carbocycles. The minimum absolute atomic E-state index is 0.00901. The van der Waals surface area contributed by atoms with Gasteiger partial charge in [0.1, 0.15) is 24.7 Å². The quantitative estimate of drug-likeness (QED) is 0.0138. The van der Waals surface area contributed by atoms with Gasteiger partial charge in [-0.2, -0.15) is 13.2 Å². The average Bonchev–Trinajstić information content (AvgIpc) is 3.18. The van der Waals surface area contributed by atoms with E-state index in [0.29, 0.717) is 67.9 Å². The van der Waals surface area contributed by atoms with Gasteiger partial charge in [0.2, 0.25) is 0 Å². The molecule has 0 spiro atoms. The summed E-state index contributed by atoms with van der Waals surface area (Å²) in [6, 6.07) is 6.97. The number of carboxylic acids is 3. The van der Waals surface area contributed by atoms with Crippen molar-refractivity contribution in [3.8, 4) is 0 Å². The van der Waals surface area contributed by atoms with Gasteiger partial charge in [0.15, 0.2) is 5.03 Å². The molecule has 0 radical (unpaired) electrons. The van der Waals surface area contributed by atoms with E-state index in [1.807, 2.05) is 0 Å². The van der Waals surface area contributed by atoms with E-state index in [-0.39, 0.29) is 31.7 Å². The summed E-state index contributed by atoms with van der Waals surface area (Å²) in [7, 11) is 0. The summed E-state index contributed by atoms with van der Waals surface area (Å²) in [4.78, 5) is 70.0. The monoisotopic (exact) mass is 863 g/mol. The first kappa shape index (κ1) is 53.2. The largest absolute Gasteiger partial charge is 0.480 e. The number of alkyl carbamates (subject to hydrolysis) is 1. The Morgan fingerprint density at radius 3 is 1.85 bits per heavy atom. The third kappa shape index (κ3) is 26.0.